The summed E-state index contributed by atoms with van der Waals surface area (Å²) < 4.78 is 27.0. The van der Waals surface area contributed by atoms with Gasteiger partial charge in [-0.3, -0.25) is 4.79 Å². The summed E-state index contributed by atoms with van der Waals surface area (Å²) >= 11 is 0. The van der Waals surface area contributed by atoms with Crippen LogP contribution in [0.15, 0.2) is 46.9 Å². The topological polar surface area (TPSA) is 96.2 Å². The third kappa shape index (κ3) is 4.80. The Balaban J connectivity index is 1.28. The fourth-order valence-corrected chi connectivity index (χ4v) is 3.39. The van der Waals surface area contributed by atoms with Gasteiger partial charge in [-0.1, -0.05) is 24.3 Å². The number of esters is 1. The van der Waals surface area contributed by atoms with Crippen molar-refractivity contribution in [3.05, 3.63) is 59.4 Å². The van der Waals surface area contributed by atoms with E-state index < -0.39 is 18.5 Å². The molecule has 1 N–H and O–H groups in total. The van der Waals surface area contributed by atoms with Crippen LogP contribution in [0.2, 0.25) is 0 Å². The highest BCUT2D eigenvalue weighted by Gasteiger charge is 2.22. The SMILES string of the molecule is COCc1c(C(=O)OCC(=O)NCCc2ccc3c(c2)OCCO3)oc2ccccc12. The van der Waals surface area contributed by atoms with Crippen LogP contribution in [0.3, 0.4) is 0 Å². The van der Waals surface area contributed by atoms with Gasteiger partial charge in [-0.2, -0.15) is 0 Å². The second kappa shape index (κ2) is 9.53. The lowest BCUT2D eigenvalue weighted by Crippen LogP contribution is -2.30. The second-order valence-corrected chi connectivity index (χ2v) is 6.99. The molecule has 2 aromatic carbocycles. The predicted octanol–water partition coefficient (Wildman–Crippen LogP) is 2.87. The Morgan fingerprint density at radius 2 is 1.87 bits per heavy atom. The number of carbonyl (C=O) groups excluding carboxylic acids is 2. The zero-order valence-electron chi connectivity index (χ0n) is 17.1. The molecule has 0 saturated carbocycles. The van der Waals surface area contributed by atoms with Gasteiger partial charge in [-0.15, -0.1) is 0 Å². The van der Waals surface area contributed by atoms with Gasteiger partial charge in [-0.25, -0.2) is 4.79 Å². The van der Waals surface area contributed by atoms with Gasteiger partial charge in [0, 0.05) is 24.6 Å². The van der Waals surface area contributed by atoms with Crippen LogP contribution in [0.25, 0.3) is 11.0 Å². The van der Waals surface area contributed by atoms with Crippen molar-refractivity contribution in [3.8, 4) is 11.5 Å². The quantitative estimate of drug-likeness (QED) is 0.555. The fourth-order valence-electron chi connectivity index (χ4n) is 3.39. The first-order valence-corrected chi connectivity index (χ1v) is 9.97. The van der Waals surface area contributed by atoms with E-state index in [-0.39, 0.29) is 12.4 Å². The number of hydrogen-bond donors (Lipinski definition) is 1. The normalized spacial score (nSPS) is 12.5. The smallest absolute Gasteiger partial charge is 0.375 e. The molecule has 2 heterocycles. The number of carbonyl (C=O) groups is 2. The lowest BCUT2D eigenvalue weighted by atomic mass is 10.1. The minimum Gasteiger partial charge on any atom is -0.486 e. The van der Waals surface area contributed by atoms with Gasteiger partial charge in [0.25, 0.3) is 5.91 Å². The third-order valence-corrected chi connectivity index (χ3v) is 4.85. The zero-order chi connectivity index (χ0) is 21.6. The number of ether oxygens (including phenoxy) is 4. The van der Waals surface area contributed by atoms with Gasteiger partial charge in [0.2, 0.25) is 5.76 Å². The summed E-state index contributed by atoms with van der Waals surface area (Å²) in [6.45, 7) is 1.26. The number of nitrogens with one attached hydrogen (secondary N) is 1. The Labute approximate surface area is 179 Å². The van der Waals surface area contributed by atoms with Crippen LogP contribution in [0.1, 0.15) is 21.7 Å². The van der Waals surface area contributed by atoms with E-state index in [0.717, 1.165) is 16.7 Å². The van der Waals surface area contributed by atoms with Crippen molar-refractivity contribution in [1.29, 1.82) is 0 Å². The monoisotopic (exact) mass is 425 g/mol. The number of amides is 1. The molecule has 31 heavy (non-hydrogen) atoms. The number of hydrogen-bond acceptors (Lipinski definition) is 7. The summed E-state index contributed by atoms with van der Waals surface area (Å²) in [6, 6.07) is 13.0. The van der Waals surface area contributed by atoms with E-state index >= 15 is 0 Å². The Morgan fingerprint density at radius 3 is 2.71 bits per heavy atom. The zero-order valence-corrected chi connectivity index (χ0v) is 17.1. The van der Waals surface area contributed by atoms with Crippen LogP contribution in [-0.4, -0.2) is 45.4 Å². The summed E-state index contributed by atoms with van der Waals surface area (Å²) in [7, 11) is 1.53. The van der Waals surface area contributed by atoms with Crippen molar-refractivity contribution in [1.82, 2.24) is 5.32 Å². The van der Waals surface area contributed by atoms with E-state index in [1.165, 1.54) is 7.11 Å². The number of fused-ring (bicyclic) bond motifs is 2. The minimum absolute atomic E-state index is 0.0483. The van der Waals surface area contributed by atoms with Crippen LogP contribution < -0.4 is 14.8 Å². The lowest BCUT2D eigenvalue weighted by molar-refractivity contribution is -0.124. The number of rotatable bonds is 8. The molecule has 8 heteroatoms. The number of furan rings is 1. The highest BCUT2D eigenvalue weighted by Crippen LogP contribution is 2.31. The Kier molecular flexibility index (Phi) is 6.37. The molecule has 3 aromatic rings. The van der Waals surface area contributed by atoms with E-state index in [2.05, 4.69) is 5.32 Å². The molecular formula is C23H23NO7. The molecular weight excluding hydrogens is 402 g/mol. The van der Waals surface area contributed by atoms with Crippen molar-refractivity contribution in [2.45, 2.75) is 13.0 Å². The Bertz CT molecular complexity index is 1090. The van der Waals surface area contributed by atoms with Crippen molar-refractivity contribution in [2.75, 3.05) is 33.5 Å². The highest BCUT2D eigenvalue weighted by molar-refractivity contribution is 5.96. The largest absolute Gasteiger partial charge is 0.486 e. The first-order chi connectivity index (χ1) is 15.2. The van der Waals surface area contributed by atoms with Gasteiger partial charge in [0.05, 0.1) is 6.61 Å². The summed E-state index contributed by atoms with van der Waals surface area (Å²) in [5.74, 6) is 0.388. The van der Waals surface area contributed by atoms with E-state index in [1.807, 2.05) is 36.4 Å². The maximum absolute atomic E-state index is 12.5. The van der Waals surface area contributed by atoms with Crippen LogP contribution in [0.5, 0.6) is 11.5 Å². The molecule has 0 unspecified atom stereocenters. The number of methoxy groups -OCH3 is 1. The van der Waals surface area contributed by atoms with Crippen molar-refractivity contribution in [3.63, 3.8) is 0 Å². The van der Waals surface area contributed by atoms with Gasteiger partial charge >= 0.3 is 5.97 Å². The average Bonchev–Trinajstić information content (AvgIpc) is 3.16. The average molecular weight is 425 g/mol. The molecule has 0 saturated heterocycles. The van der Waals surface area contributed by atoms with Crippen LogP contribution in [0, 0.1) is 0 Å². The van der Waals surface area contributed by atoms with Gasteiger partial charge < -0.3 is 28.7 Å². The van der Waals surface area contributed by atoms with E-state index in [4.69, 9.17) is 23.4 Å². The second-order valence-electron chi connectivity index (χ2n) is 6.99. The molecule has 4 rings (SSSR count). The van der Waals surface area contributed by atoms with Crippen LogP contribution >= 0.6 is 0 Å². The first kappa shape index (κ1) is 20.7. The van der Waals surface area contributed by atoms with Crippen LogP contribution in [-0.2, 0) is 27.3 Å². The van der Waals surface area contributed by atoms with E-state index in [1.54, 1.807) is 6.07 Å². The minimum atomic E-state index is -0.703. The maximum atomic E-state index is 12.5. The molecule has 162 valence electrons. The number of benzene rings is 2. The molecule has 1 amide bonds. The summed E-state index contributed by atoms with van der Waals surface area (Å²) in [6.07, 6.45) is 0.609. The van der Waals surface area contributed by atoms with Crippen molar-refractivity contribution in [2.24, 2.45) is 0 Å². The van der Waals surface area contributed by atoms with E-state index in [0.29, 0.717) is 43.1 Å². The van der Waals surface area contributed by atoms with Gasteiger partial charge in [0.1, 0.15) is 18.8 Å². The summed E-state index contributed by atoms with van der Waals surface area (Å²) in [5.41, 5.74) is 2.17. The molecule has 8 nitrogen and oxygen atoms in total. The highest BCUT2D eigenvalue weighted by atomic mass is 16.6. The predicted molar refractivity (Wildman–Crippen MR) is 111 cm³/mol. The Morgan fingerprint density at radius 1 is 1.06 bits per heavy atom. The molecule has 0 spiro atoms. The van der Waals surface area contributed by atoms with E-state index in [9.17, 15) is 9.59 Å². The fraction of sp³-hybridized carbons (Fsp3) is 0.304. The third-order valence-electron chi connectivity index (χ3n) is 4.85. The lowest BCUT2D eigenvalue weighted by Gasteiger charge is -2.18. The molecule has 0 bridgehead atoms. The molecule has 1 aliphatic rings. The van der Waals surface area contributed by atoms with Gasteiger partial charge in [0.15, 0.2) is 18.1 Å². The molecule has 0 atom stereocenters. The molecule has 0 aliphatic carbocycles. The standard InChI is InChI=1S/C23H23NO7/c1-27-13-17-16-4-2-3-5-18(16)31-22(17)23(26)30-14-21(25)24-9-8-15-6-7-19-20(12-15)29-11-10-28-19/h2-7,12H,8-11,13-14H2,1H3,(H,24,25). The molecule has 0 fully saturated rings. The van der Waals surface area contributed by atoms with Gasteiger partial charge in [-0.05, 0) is 30.2 Å². The summed E-state index contributed by atoms with van der Waals surface area (Å²) in [4.78, 5) is 24.6. The Hall–Kier alpha value is -3.52. The maximum Gasteiger partial charge on any atom is 0.375 e. The summed E-state index contributed by atoms with van der Waals surface area (Å²) in [5, 5.41) is 3.52. The molecule has 0 radical (unpaired) electrons. The first-order valence-electron chi connectivity index (χ1n) is 9.97. The molecule has 1 aromatic heterocycles. The van der Waals surface area contributed by atoms with Crippen molar-refractivity contribution < 1.29 is 33.0 Å². The molecule has 1 aliphatic heterocycles. The number of para-hydroxylation sites is 1. The van der Waals surface area contributed by atoms with Crippen molar-refractivity contribution >= 4 is 22.8 Å². The van der Waals surface area contributed by atoms with Crippen LogP contribution in [0.4, 0.5) is 0 Å².